The average molecular weight is 631 g/mol. The molecule has 2 spiro atoms. The van der Waals surface area contributed by atoms with Gasteiger partial charge in [0, 0.05) is 12.0 Å². The number of rotatable bonds is 5. The van der Waals surface area contributed by atoms with Crippen LogP contribution in [0, 0.1) is 50.7 Å². The van der Waals surface area contributed by atoms with Crippen LogP contribution in [0.1, 0.15) is 99.8 Å². The molecule has 8 rings (SSSR count). The van der Waals surface area contributed by atoms with Crippen molar-refractivity contribution < 1.29 is 29.2 Å². The first-order chi connectivity index (χ1) is 21.1. The van der Waals surface area contributed by atoms with Crippen molar-refractivity contribution in [1.29, 1.82) is 0 Å². The lowest BCUT2D eigenvalue weighted by Gasteiger charge is -2.64. The summed E-state index contributed by atoms with van der Waals surface area (Å²) in [6.45, 7) is 20.1. The van der Waals surface area contributed by atoms with Crippen LogP contribution in [-0.4, -0.2) is 96.4 Å². The number of nitrogens with two attached hydrogens (primary N) is 1. The maximum absolute atomic E-state index is 12.5. The summed E-state index contributed by atoms with van der Waals surface area (Å²) in [4.78, 5) is 2.51. The van der Waals surface area contributed by atoms with E-state index in [-0.39, 0.29) is 40.8 Å². The van der Waals surface area contributed by atoms with Gasteiger partial charge in [-0.3, -0.25) is 4.90 Å². The summed E-state index contributed by atoms with van der Waals surface area (Å²) in [6, 6.07) is 0.0497. The van der Waals surface area contributed by atoms with E-state index in [0.29, 0.717) is 40.5 Å². The minimum atomic E-state index is -1.02. The van der Waals surface area contributed by atoms with Crippen LogP contribution in [0.4, 0.5) is 0 Å². The van der Waals surface area contributed by atoms with Gasteiger partial charge in [0.2, 0.25) is 0 Å². The molecule has 8 aliphatic rings. The highest BCUT2D eigenvalue weighted by atomic mass is 16.7. The van der Waals surface area contributed by atoms with Crippen molar-refractivity contribution in [3.63, 3.8) is 0 Å². The third kappa shape index (κ3) is 4.12. The van der Waals surface area contributed by atoms with E-state index < -0.39 is 17.7 Å². The number of fused-ring (bicyclic) bond motifs is 4. The molecule has 0 aromatic rings. The number of aliphatic hydroxyl groups is 2. The van der Waals surface area contributed by atoms with Crippen LogP contribution in [0.3, 0.4) is 0 Å². The summed E-state index contributed by atoms with van der Waals surface area (Å²) < 4.78 is 25.4. The van der Waals surface area contributed by atoms with E-state index in [2.05, 4.69) is 39.5 Å². The molecule has 0 aromatic heterocycles. The molecule has 3 aliphatic heterocycles. The fourth-order valence-corrected chi connectivity index (χ4v) is 13.9. The standard InChI is InChI=1S/C37H62N2O6/c1-21-16-23(30(38)33(4,5)41)44-29-28(21)34(6)12-13-37-20-36(37)11-10-26(45-27-17-39(14-15-43-27)22-18-42-19-22)32(2,3)24(36)8-9-25(37)35(34,7)31(29)40/h21-31,40-41H,8-20,38H2,1-7H3/t21-,23?,24+,25?,26?,27+,28+,29?,30+,31+,34-,35-,36-,37+/m1/s1. The van der Waals surface area contributed by atoms with E-state index in [9.17, 15) is 10.2 Å². The predicted molar refractivity (Wildman–Crippen MR) is 171 cm³/mol. The van der Waals surface area contributed by atoms with E-state index in [4.69, 9.17) is 24.7 Å². The molecule has 8 heteroatoms. The lowest BCUT2D eigenvalue weighted by Crippen LogP contribution is -2.60. The van der Waals surface area contributed by atoms with Crippen LogP contribution >= 0.6 is 0 Å². The summed E-state index contributed by atoms with van der Waals surface area (Å²) in [5.41, 5.74) is 6.15. The van der Waals surface area contributed by atoms with Crippen molar-refractivity contribution >= 4 is 0 Å². The van der Waals surface area contributed by atoms with E-state index >= 15 is 0 Å². The van der Waals surface area contributed by atoms with Crippen LogP contribution in [0.5, 0.6) is 0 Å². The first-order valence-corrected chi connectivity index (χ1v) is 18.5. The lowest BCUT2D eigenvalue weighted by atomic mass is 9.41. The second-order valence-electron chi connectivity index (χ2n) is 18.8. The van der Waals surface area contributed by atoms with Crippen molar-refractivity contribution in [2.24, 2.45) is 56.5 Å². The smallest absolute Gasteiger partial charge is 0.170 e. The van der Waals surface area contributed by atoms with Crippen LogP contribution in [0.25, 0.3) is 0 Å². The zero-order valence-electron chi connectivity index (χ0n) is 29.1. The van der Waals surface area contributed by atoms with Crippen molar-refractivity contribution in [3.8, 4) is 0 Å². The van der Waals surface area contributed by atoms with Crippen LogP contribution in [-0.2, 0) is 18.9 Å². The van der Waals surface area contributed by atoms with Crippen LogP contribution < -0.4 is 5.73 Å². The number of hydrogen-bond acceptors (Lipinski definition) is 8. The van der Waals surface area contributed by atoms with Crippen molar-refractivity contribution in [2.45, 2.75) is 148 Å². The Morgan fingerprint density at radius 1 is 1.00 bits per heavy atom. The summed E-state index contributed by atoms with van der Waals surface area (Å²) in [7, 11) is 0. The van der Waals surface area contributed by atoms with E-state index in [0.717, 1.165) is 45.8 Å². The average Bonchev–Trinajstić information content (AvgIpc) is 3.57. The molecule has 0 radical (unpaired) electrons. The normalized spacial score (nSPS) is 54.9. The summed E-state index contributed by atoms with van der Waals surface area (Å²) in [5.74, 6) is 1.85. The highest BCUT2D eigenvalue weighted by molar-refractivity contribution is 5.33. The van der Waals surface area contributed by atoms with Gasteiger partial charge in [-0.25, -0.2) is 0 Å². The molecule has 0 bridgehead atoms. The zero-order chi connectivity index (χ0) is 31.9. The molecule has 3 heterocycles. The highest BCUT2D eigenvalue weighted by Crippen LogP contribution is 2.89. The second kappa shape index (κ2) is 10.1. The molecular weight excluding hydrogens is 568 g/mol. The highest BCUT2D eigenvalue weighted by Gasteiger charge is 2.84. The molecule has 45 heavy (non-hydrogen) atoms. The molecular formula is C37H62N2O6. The van der Waals surface area contributed by atoms with Gasteiger partial charge in [0.15, 0.2) is 6.29 Å². The van der Waals surface area contributed by atoms with Gasteiger partial charge in [0.05, 0.1) is 68.5 Å². The van der Waals surface area contributed by atoms with E-state index in [1.165, 1.54) is 38.5 Å². The monoisotopic (exact) mass is 630 g/mol. The quantitative estimate of drug-likeness (QED) is 0.412. The summed E-state index contributed by atoms with van der Waals surface area (Å²) in [6.07, 6.45) is 8.44. The van der Waals surface area contributed by atoms with Crippen molar-refractivity contribution in [3.05, 3.63) is 0 Å². The van der Waals surface area contributed by atoms with Crippen molar-refractivity contribution in [1.82, 2.24) is 4.90 Å². The zero-order valence-corrected chi connectivity index (χ0v) is 29.1. The lowest BCUT2D eigenvalue weighted by molar-refractivity contribution is -0.256. The Bertz CT molecular complexity index is 1170. The van der Waals surface area contributed by atoms with Gasteiger partial charge >= 0.3 is 0 Å². The fraction of sp³-hybridized carbons (Fsp3) is 1.00. The number of ether oxygens (including phenoxy) is 4. The van der Waals surface area contributed by atoms with Crippen LogP contribution in [0.15, 0.2) is 0 Å². The molecule has 256 valence electrons. The number of hydrogen-bond donors (Lipinski definition) is 3. The van der Waals surface area contributed by atoms with E-state index in [1.807, 2.05) is 0 Å². The Hall–Kier alpha value is -0.320. The van der Waals surface area contributed by atoms with Gasteiger partial charge in [-0.1, -0.05) is 34.6 Å². The Kier molecular flexibility index (Phi) is 7.18. The van der Waals surface area contributed by atoms with E-state index in [1.54, 1.807) is 13.8 Å². The molecule has 5 saturated carbocycles. The maximum atomic E-state index is 12.5. The molecule has 8 fully saturated rings. The fourth-order valence-electron chi connectivity index (χ4n) is 13.9. The van der Waals surface area contributed by atoms with Gasteiger partial charge in [-0.2, -0.15) is 0 Å². The number of morpholine rings is 1. The molecule has 4 unspecified atom stereocenters. The largest absolute Gasteiger partial charge is 0.390 e. The third-order valence-electron chi connectivity index (χ3n) is 16.5. The SMILES string of the molecule is C[C@@H]1CC([C@H](N)C(C)(C)O)OC2[C@H]1[C@@]1(C)CC[C@@]34C[C@@]35CCC(O[C@H]3CN(C6COC6)CCO3)C(C)(C)[C@@H]5CCC4[C@]1(C)[C@H]2O. The predicted octanol–water partition coefficient (Wildman–Crippen LogP) is 4.34. The molecule has 4 N–H and O–H groups in total. The Labute approximate surface area is 271 Å². The number of nitrogens with zero attached hydrogens (tertiary/aromatic N) is 1. The van der Waals surface area contributed by atoms with Crippen LogP contribution in [0.2, 0.25) is 0 Å². The van der Waals surface area contributed by atoms with Gasteiger partial charge in [0.1, 0.15) is 0 Å². The Morgan fingerprint density at radius 2 is 1.71 bits per heavy atom. The molecule has 0 amide bonds. The Morgan fingerprint density at radius 3 is 2.40 bits per heavy atom. The topological polar surface area (TPSA) is 107 Å². The first-order valence-electron chi connectivity index (χ1n) is 18.5. The van der Waals surface area contributed by atoms with Gasteiger partial charge in [-0.05, 0) is 111 Å². The van der Waals surface area contributed by atoms with Gasteiger partial charge in [0.25, 0.3) is 0 Å². The Balaban J connectivity index is 1.03. The van der Waals surface area contributed by atoms with Gasteiger partial charge < -0.3 is 34.9 Å². The first kappa shape index (κ1) is 31.9. The summed E-state index contributed by atoms with van der Waals surface area (Å²) in [5, 5.41) is 23.2. The molecule has 5 aliphatic carbocycles. The van der Waals surface area contributed by atoms with Crippen molar-refractivity contribution in [2.75, 3.05) is 32.9 Å². The molecule has 8 nitrogen and oxygen atoms in total. The number of aliphatic hydroxyl groups excluding tert-OH is 1. The molecule has 14 atom stereocenters. The summed E-state index contributed by atoms with van der Waals surface area (Å²) >= 11 is 0. The second-order valence-corrected chi connectivity index (χ2v) is 18.8. The minimum absolute atomic E-state index is 0.0261. The third-order valence-corrected chi connectivity index (χ3v) is 16.5. The van der Waals surface area contributed by atoms with Gasteiger partial charge in [-0.15, -0.1) is 0 Å². The molecule has 3 saturated heterocycles. The minimum Gasteiger partial charge on any atom is -0.390 e. The maximum Gasteiger partial charge on any atom is 0.170 e. The molecule has 0 aromatic carbocycles.